The summed E-state index contributed by atoms with van der Waals surface area (Å²) in [5.41, 5.74) is 2.88. The van der Waals surface area contributed by atoms with E-state index in [2.05, 4.69) is 6.08 Å². The van der Waals surface area contributed by atoms with Crippen LogP contribution in [0, 0.1) is 0 Å². The Kier molecular flexibility index (Phi) is 2.73. The van der Waals surface area contributed by atoms with Gasteiger partial charge in [-0.1, -0.05) is 24.3 Å². The number of aliphatic hydroxyl groups is 1. The van der Waals surface area contributed by atoms with Crippen LogP contribution in [0.1, 0.15) is 37.4 Å². The van der Waals surface area contributed by atoms with Gasteiger partial charge in [-0.15, -0.1) is 0 Å². The molecule has 0 spiro atoms. The highest BCUT2D eigenvalue weighted by Gasteiger charge is 2.19. The largest absolute Gasteiger partial charge is 0.464 e. The highest BCUT2D eigenvalue weighted by atomic mass is 16.3. The fraction of sp³-hybridized carbons (Fsp3) is 0.333. The minimum absolute atomic E-state index is 0.501. The summed E-state index contributed by atoms with van der Waals surface area (Å²) in [6.07, 6.45) is 7.86. The molecule has 1 aromatic carbocycles. The number of fused-ring (bicyclic) bond motifs is 1. The monoisotopic (exact) mass is 228 g/mol. The molecule has 0 aliphatic heterocycles. The molecule has 1 aliphatic carbocycles. The molecule has 0 bridgehead atoms. The second-order valence-corrected chi connectivity index (χ2v) is 4.61. The first-order valence-corrected chi connectivity index (χ1v) is 6.19. The molecule has 1 heterocycles. The van der Waals surface area contributed by atoms with Crippen molar-refractivity contribution in [2.75, 3.05) is 0 Å². The summed E-state index contributed by atoms with van der Waals surface area (Å²) >= 11 is 0. The second kappa shape index (κ2) is 4.38. The predicted octanol–water partition coefficient (Wildman–Crippen LogP) is 3.97. The number of rotatable bonds is 2. The molecule has 2 aromatic rings. The molecule has 3 rings (SSSR count). The molecule has 1 N–H and O–H groups in total. The van der Waals surface area contributed by atoms with Crippen molar-refractivity contribution in [1.82, 2.24) is 0 Å². The van der Waals surface area contributed by atoms with Crippen LogP contribution in [-0.4, -0.2) is 5.11 Å². The molecular formula is C15H16O2. The number of hydrogen-bond donors (Lipinski definition) is 1. The van der Waals surface area contributed by atoms with Crippen molar-refractivity contribution in [3.8, 4) is 0 Å². The van der Waals surface area contributed by atoms with E-state index in [9.17, 15) is 5.11 Å². The predicted molar refractivity (Wildman–Crippen MR) is 67.7 cm³/mol. The van der Waals surface area contributed by atoms with Crippen LogP contribution in [-0.2, 0) is 0 Å². The van der Waals surface area contributed by atoms with Gasteiger partial charge in [-0.3, -0.25) is 0 Å². The number of benzene rings is 1. The highest BCUT2D eigenvalue weighted by molar-refractivity contribution is 5.81. The van der Waals surface area contributed by atoms with Gasteiger partial charge in [0, 0.05) is 10.9 Å². The van der Waals surface area contributed by atoms with Crippen LogP contribution in [0.15, 0.2) is 46.6 Å². The molecule has 1 unspecified atom stereocenters. The van der Waals surface area contributed by atoms with Crippen molar-refractivity contribution in [1.29, 1.82) is 0 Å². The number of allylic oxidation sites excluding steroid dienone is 1. The number of furan rings is 1. The van der Waals surface area contributed by atoms with E-state index in [0.717, 1.165) is 34.9 Å². The zero-order valence-corrected chi connectivity index (χ0v) is 9.73. The number of hydrogen-bond acceptors (Lipinski definition) is 2. The van der Waals surface area contributed by atoms with E-state index in [0.29, 0.717) is 0 Å². The van der Waals surface area contributed by atoms with Crippen molar-refractivity contribution in [2.24, 2.45) is 0 Å². The first-order valence-electron chi connectivity index (χ1n) is 6.19. The van der Waals surface area contributed by atoms with E-state index in [1.54, 1.807) is 6.26 Å². The van der Waals surface area contributed by atoms with Gasteiger partial charge >= 0.3 is 0 Å². The lowest BCUT2D eigenvalue weighted by Crippen LogP contribution is -2.04. The van der Waals surface area contributed by atoms with Crippen molar-refractivity contribution in [3.05, 3.63) is 47.7 Å². The summed E-state index contributed by atoms with van der Waals surface area (Å²) in [6.45, 7) is 0. The Hall–Kier alpha value is -1.54. The molecule has 2 heteroatoms. The normalized spacial score (nSPS) is 18.1. The summed E-state index contributed by atoms with van der Waals surface area (Å²) < 4.78 is 5.47. The average molecular weight is 228 g/mol. The van der Waals surface area contributed by atoms with Crippen molar-refractivity contribution < 1.29 is 9.52 Å². The van der Waals surface area contributed by atoms with Gasteiger partial charge in [0.1, 0.15) is 11.7 Å². The first-order chi connectivity index (χ1) is 8.36. The first kappa shape index (κ1) is 10.6. The Morgan fingerprint density at radius 3 is 2.88 bits per heavy atom. The maximum absolute atomic E-state index is 10.4. The van der Waals surface area contributed by atoms with Gasteiger partial charge in [-0.2, -0.15) is 0 Å². The van der Waals surface area contributed by atoms with Crippen molar-refractivity contribution in [2.45, 2.75) is 31.8 Å². The third kappa shape index (κ3) is 1.89. The van der Waals surface area contributed by atoms with E-state index < -0.39 is 6.10 Å². The maximum Gasteiger partial charge on any atom is 0.134 e. The minimum Gasteiger partial charge on any atom is -0.464 e. The third-order valence-corrected chi connectivity index (χ3v) is 3.48. The fourth-order valence-corrected chi connectivity index (χ4v) is 2.52. The number of para-hydroxylation sites is 1. The molecule has 0 radical (unpaired) electrons. The summed E-state index contributed by atoms with van der Waals surface area (Å²) in [5.74, 6) is 0. The SMILES string of the molecule is OC(C1=CCCCC1)c1coc2ccccc12. The summed E-state index contributed by atoms with van der Waals surface area (Å²) in [6, 6.07) is 7.85. The lowest BCUT2D eigenvalue weighted by molar-refractivity contribution is 0.208. The topological polar surface area (TPSA) is 33.4 Å². The fourth-order valence-electron chi connectivity index (χ4n) is 2.52. The van der Waals surface area contributed by atoms with E-state index >= 15 is 0 Å². The highest BCUT2D eigenvalue weighted by Crippen LogP contribution is 2.34. The van der Waals surface area contributed by atoms with Crippen LogP contribution in [0.3, 0.4) is 0 Å². The van der Waals surface area contributed by atoms with Gasteiger partial charge in [0.15, 0.2) is 0 Å². The zero-order valence-electron chi connectivity index (χ0n) is 9.73. The molecule has 0 saturated carbocycles. The smallest absolute Gasteiger partial charge is 0.134 e. The van der Waals surface area contributed by atoms with Crippen LogP contribution >= 0.6 is 0 Å². The van der Waals surface area contributed by atoms with Crippen molar-refractivity contribution >= 4 is 11.0 Å². The van der Waals surface area contributed by atoms with Crippen molar-refractivity contribution in [3.63, 3.8) is 0 Å². The molecule has 0 fully saturated rings. The Balaban J connectivity index is 2.00. The lowest BCUT2D eigenvalue weighted by Gasteiger charge is -2.17. The van der Waals surface area contributed by atoms with E-state index in [4.69, 9.17) is 4.42 Å². The van der Waals surface area contributed by atoms with Gasteiger partial charge in [-0.25, -0.2) is 0 Å². The average Bonchev–Trinajstić information content (AvgIpc) is 2.83. The molecule has 1 atom stereocenters. The van der Waals surface area contributed by atoms with Gasteiger partial charge in [0.25, 0.3) is 0 Å². The Morgan fingerprint density at radius 2 is 2.06 bits per heavy atom. The van der Waals surface area contributed by atoms with E-state index in [1.165, 1.54) is 12.8 Å². The molecule has 17 heavy (non-hydrogen) atoms. The molecule has 2 nitrogen and oxygen atoms in total. The standard InChI is InChI=1S/C15H16O2/c16-15(11-6-2-1-3-7-11)13-10-17-14-9-5-4-8-12(13)14/h4-6,8-10,15-16H,1-3,7H2. The van der Waals surface area contributed by atoms with Gasteiger partial charge in [0.05, 0.1) is 6.26 Å². The molecule has 88 valence electrons. The van der Waals surface area contributed by atoms with Crippen LogP contribution in [0.25, 0.3) is 11.0 Å². The lowest BCUT2D eigenvalue weighted by atomic mass is 9.92. The number of aliphatic hydroxyl groups excluding tert-OH is 1. The Labute approximate surface area is 101 Å². The summed E-state index contributed by atoms with van der Waals surface area (Å²) in [4.78, 5) is 0. The van der Waals surface area contributed by atoms with E-state index in [-0.39, 0.29) is 0 Å². The third-order valence-electron chi connectivity index (χ3n) is 3.48. The van der Waals surface area contributed by atoms with Crippen LogP contribution in [0.2, 0.25) is 0 Å². The second-order valence-electron chi connectivity index (χ2n) is 4.61. The van der Waals surface area contributed by atoms with Crippen LogP contribution in [0.4, 0.5) is 0 Å². The zero-order chi connectivity index (χ0) is 11.7. The van der Waals surface area contributed by atoms with Crippen LogP contribution < -0.4 is 0 Å². The van der Waals surface area contributed by atoms with Gasteiger partial charge in [-0.05, 0) is 37.3 Å². The van der Waals surface area contributed by atoms with Crippen LogP contribution in [0.5, 0.6) is 0 Å². The Bertz CT molecular complexity index is 551. The molecular weight excluding hydrogens is 212 g/mol. The van der Waals surface area contributed by atoms with Gasteiger partial charge in [0.2, 0.25) is 0 Å². The molecule has 1 aromatic heterocycles. The molecule has 1 aliphatic rings. The van der Waals surface area contributed by atoms with E-state index in [1.807, 2.05) is 24.3 Å². The summed E-state index contributed by atoms with van der Waals surface area (Å²) in [5, 5.41) is 11.4. The summed E-state index contributed by atoms with van der Waals surface area (Å²) in [7, 11) is 0. The Morgan fingerprint density at radius 1 is 1.18 bits per heavy atom. The molecule has 0 amide bonds. The maximum atomic E-state index is 10.4. The van der Waals surface area contributed by atoms with Gasteiger partial charge < -0.3 is 9.52 Å². The molecule has 0 saturated heterocycles. The minimum atomic E-state index is -0.501. The quantitative estimate of drug-likeness (QED) is 0.789.